The lowest BCUT2D eigenvalue weighted by atomic mass is 10.1. The Morgan fingerprint density at radius 1 is 1.15 bits per heavy atom. The third kappa shape index (κ3) is 4.06. The first-order valence-corrected chi connectivity index (χ1v) is 7.09. The Morgan fingerprint density at radius 2 is 1.75 bits per heavy atom. The molecule has 0 fully saturated rings. The van der Waals surface area contributed by atoms with Gasteiger partial charge < -0.3 is 5.32 Å². The van der Waals surface area contributed by atoms with Crippen molar-refractivity contribution >= 4 is 27.3 Å². The van der Waals surface area contributed by atoms with Gasteiger partial charge in [-0.1, -0.05) is 28.1 Å². The number of hydrogen-bond donors (Lipinski definition) is 1. The molecule has 0 saturated heterocycles. The molecule has 0 radical (unpaired) electrons. The number of hydrogen-bond acceptors (Lipinski definition) is 3. The van der Waals surface area contributed by atoms with Crippen molar-refractivity contribution in [1.82, 2.24) is 0 Å². The highest BCUT2D eigenvalue weighted by atomic mass is 79.9. The van der Waals surface area contributed by atoms with E-state index in [2.05, 4.69) is 40.3 Å². The normalized spacial score (nSPS) is 11.9. The number of nitro benzene ring substituents is 1. The van der Waals surface area contributed by atoms with Crippen LogP contribution in [0.4, 0.5) is 11.4 Å². The summed E-state index contributed by atoms with van der Waals surface area (Å²) in [5.41, 5.74) is 2.24. The maximum absolute atomic E-state index is 10.6. The third-order valence-electron chi connectivity index (χ3n) is 2.95. The fraction of sp³-hybridized carbons (Fsp3) is 0.200. The molecule has 0 aliphatic carbocycles. The molecular weight excluding hydrogens is 320 g/mol. The van der Waals surface area contributed by atoms with Crippen LogP contribution in [0.5, 0.6) is 0 Å². The van der Waals surface area contributed by atoms with Crippen LogP contribution >= 0.6 is 15.9 Å². The number of halogens is 1. The Bertz CT molecular complexity index is 582. The molecule has 104 valence electrons. The van der Waals surface area contributed by atoms with Crippen molar-refractivity contribution in [3.05, 3.63) is 68.7 Å². The summed E-state index contributed by atoms with van der Waals surface area (Å²) in [7, 11) is 0. The highest BCUT2D eigenvalue weighted by Gasteiger charge is 2.07. The summed E-state index contributed by atoms with van der Waals surface area (Å²) in [5.74, 6) is 0. The molecule has 4 nitrogen and oxygen atoms in total. The summed E-state index contributed by atoms with van der Waals surface area (Å²) in [6.07, 6.45) is 0.893. The Hall–Kier alpha value is -1.88. The summed E-state index contributed by atoms with van der Waals surface area (Å²) in [4.78, 5) is 10.2. The fourth-order valence-corrected chi connectivity index (χ4v) is 2.25. The molecule has 0 spiro atoms. The van der Waals surface area contributed by atoms with Crippen LogP contribution in [0.25, 0.3) is 0 Å². The van der Waals surface area contributed by atoms with E-state index in [0.717, 1.165) is 16.6 Å². The SMILES string of the molecule is CC(Cc1ccc(Br)cc1)Nc1ccc([N+](=O)[O-])cc1. The third-order valence-corrected chi connectivity index (χ3v) is 3.48. The van der Waals surface area contributed by atoms with Crippen LogP contribution in [0.15, 0.2) is 53.0 Å². The number of anilines is 1. The zero-order valence-electron chi connectivity index (χ0n) is 11.0. The lowest BCUT2D eigenvalue weighted by Gasteiger charge is -2.15. The maximum Gasteiger partial charge on any atom is 0.269 e. The van der Waals surface area contributed by atoms with E-state index in [4.69, 9.17) is 0 Å². The van der Waals surface area contributed by atoms with E-state index in [0.29, 0.717) is 0 Å². The molecule has 1 unspecified atom stereocenters. The molecule has 2 aromatic rings. The summed E-state index contributed by atoms with van der Waals surface area (Å²) >= 11 is 3.41. The van der Waals surface area contributed by atoms with Crippen LogP contribution in [0, 0.1) is 10.1 Å². The molecule has 0 aliphatic rings. The van der Waals surface area contributed by atoms with Crippen molar-refractivity contribution in [2.24, 2.45) is 0 Å². The minimum absolute atomic E-state index is 0.108. The number of benzene rings is 2. The number of rotatable bonds is 5. The van der Waals surface area contributed by atoms with Gasteiger partial charge in [-0.15, -0.1) is 0 Å². The van der Waals surface area contributed by atoms with E-state index in [1.807, 2.05) is 12.1 Å². The second-order valence-electron chi connectivity index (χ2n) is 4.68. The Balaban J connectivity index is 1.95. The van der Waals surface area contributed by atoms with Gasteiger partial charge in [0.05, 0.1) is 4.92 Å². The smallest absolute Gasteiger partial charge is 0.269 e. The molecular formula is C15H15BrN2O2. The van der Waals surface area contributed by atoms with Gasteiger partial charge in [-0.3, -0.25) is 10.1 Å². The van der Waals surface area contributed by atoms with E-state index in [1.165, 1.54) is 17.7 Å². The van der Waals surface area contributed by atoms with E-state index >= 15 is 0 Å². The molecule has 0 amide bonds. The second-order valence-corrected chi connectivity index (χ2v) is 5.60. The molecule has 0 aromatic heterocycles. The maximum atomic E-state index is 10.6. The van der Waals surface area contributed by atoms with Crippen molar-refractivity contribution < 1.29 is 4.92 Å². The number of non-ortho nitro benzene ring substituents is 1. The van der Waals surface area contributed by atoms with Crippen LogP contribution in [-0.2, 0) is 6.42 Å². The number of nitro groups is 1. The molecule has 1 atom stereocenters. The standard InChI is InChI=1S/C15H15BrN2O2/c1-11(10-12-2-4-13(16)5-3-12)17-14-6-8-15(9-7-14)18(19)20/h2-9,11,17H,10H2,1H3. The van der Waals surface area contributed by atoms with Gasteiger partial charge >= 0.3 is 0 Å². The zero-order valence-corrected chi connectivity index (χ0v) is 12.6. The van der Waals surface area contributed by atoms with Crippen LogP contribution in [0.2, 0.25) is 0 Å². The molecule has 0 saturated carbocycles. The van der Waals surface area contributed by atoms with E-state index in [1.54, 1.807) is 12.1 Å². The van der Waals surface area contributed by atoms with Gasteiger partial charge in [0.1, 0.15) is 0 Å². The van der Waals surface area contributed by atoms with E-state index in [9.17, 15) is 10.1 Å². The fourth-order valence-electron chi connectivity index (χ4n) is 1.99. The van der Waals surface area contributed by atoms with Gasteiger partial charge in [-0.05, 0) is 43.2 Å². The molecule has 2 aromatic carbocycles. The molecule has 0 bridgehead atoms. The average Bonchev–Trinajstić information content (AvgIpc) is 2.42. The van der Waals surface area contributed by atoms with Gasteiger partial charge in [0, 0.05) is 28.3 Å². The second kappa shape index (κ2) is 6.52. The van der Waals surface area contributed by atoms with Crippen molar-refractivity contribution in [3.63, 3.8) is 0 Å². The monoisotopic (exact) mass is 334 g/mol. The van der Waals surface area contributed by atoms with Crippen molar-refractivity contribution in [1.29, 1.82) is 0 Å². The minimum Gasteiger partial charge on any atom is -0.382 e. The van der Waals surface area contributed by atoms with Crippen LogP contribution in [0.1, 0.15) is 12.5 Å². The minimum atomic E-state index is -0.394. The zero-order chi connectivity index (χ0) is 14.5. The lowest BCUT2D eigenvalue weighted by molar-refractivity contribution is -0.384. The summed E-state index contributed by atoms with van der Waals surface area (Å²) in [6, 6.07) is 14.9. The topological polar surface area (TPSA) is 55.2 Å². The Labute approximate surface area is 126 Å². The molecule has 5 heteroatoms. The molecule has 0 heterocycles. The van der Waals surface area contributed by atoms with E-state index in [-0.39, 0.29) is 11.7 Å². The molecule has 1 N–H and O–H groups in total. The van der Waals surface area contributed by atoms with E-state index < -0.39 is 4.92 Å². The molecule has 20 heavy (non-hydrogen) atoms. The largest absolute Gasteiger partial charge is 0.382 e. The van der Waals surface area contributed by atoms with Crippen LogP contribution in [-0.4, -0.2) is 11.0 Å². The predicted octanol–water partition coefficient (Wildman–Crippen LogP) is 4.40. The first-order valence-electron chi connectivity index (χ1n) is 6.30. The van der Waals surface area contributed by atoms with Gasteiger partial charge in [0.25, 0.3) is 5.69 Å². The summed E-state index contributed by atoms with van der Waals surface area (Å²) < 4.78 is 1.07. The van der Waals surface area contributed by atoms with Gasteiger partial charge in [0.15, 0.2) is 0 Å². The predicted molar refractivity (Wildman–Crippen MR) is 84.0 cm³/mol. The first kappa shape index (κ1) is 14.5. The highest BCUT2D eigenvalue weighted by Crippen LogP contribution is 2.17. The van der Waals surface area contributed by atoms with Crippen molar-refractivity contribution in [3.8, 4) is 0 Å². The summed E-state index contributed by atoms with van der Waals surface area (Å²) in [6.45, 7) is 2.09. The highest BCUT2D eigenvalue weighted by molar-refractivity contribution is 9.10. The number of nitrogens with one attached hydrogen (secondary N) is 1. The van der Waals surface area contributed by atoms with Crippen LogP contribution in [0.3, 0.4) is 0 Å². The first-order chi connectivity index (χ1) is 9.54. The average molecular weight is 335 g/mol. The van der Waals surface area contributed by atoms with Crippen LogP contribution < -0.4 is 5.32 Å². The molecule has 2 rings (SSSR count). The molecule has 0 aliphatic heterocycles. The summed E-state index contributed by atoms with van der Waals surface area (Å²) in [5, 5.41) is 13.9. The van der Waals surface area contributed by atoms with Gasteiger partial charge in [0.2, 0.25) is 0 Å². The Kier molecular flexibility index (Phi) is 4.74. The quantitative estimate of drug-likeness (QED) is 0.651. The Morgan fingerprint density at radius 3 is 2.30 bits per heavy atom. The van der Waals surface area contributed by atoms with Gasteiger partial charge in [-0.25, -0.2) is 0 Å². The van der Waals surface area contributed by atoms with Crippen molar-refractivity contribution in [2.75, 3.05) is 5.32 Å². The lowest BCUT2D eigenvalue weighted by Crippen LogP contribution is -2.17. The number of nitrogens with zero attached hydrogens (tertiary/aromatic N) is 1. The van der Waals surface area contributed by atoms with Crippen molar-refractivity contribution in [2.45, 2.75) is 19.4 Å². The van der Waals surface area contributed by atoms with Gasteiger partial charge in [-0.2, -0.15) is 0 Å².